The van der Waals surface area contributed by atoms with Crippen LogP contribution in [-0.4, -0.2) is 20.0 Å². The summed E-state index contributed by atoms with van der Waals surface area (Å²) in [6.07, 6.45) is 1.64. The van der Waals surface area contributed by atoms with E-state index in [9.17, 15) is 4.79 Å². The molecule has 0 aliphatic rings. The maximum Gasteiger partial charge on any atom is 0.204 e. The molecule has 0 saturated heterocycles. The van der Waals surface area contributed by atoms with E-state index in [0.29, 0.717) is 29.4 Å². The Labute approximate surface area is 156 Å². The fourth-order valence-corrected chi connectivity index (χ4v) is 2.73. The Balaban J connectivity index is 2.60. The fraction of sp³-hybridized carbons (Fsp3) is 0.409. The highest BCUT2D eigenvalue weighted by Crippen LogP contribution is 2.44. The molecule has 0 unspecified atom stereocenters. The second kappa shape index (κ2) is 8.26. The third kappa shape index (κ3) is 4.37. The van der Waals surface area contributed by atoms with Crippen LogP contribution in [0.2, 0.25) is 0 Å². The van der Waals surface area contributed by atoms with E-state index < -0.39 is 0 Å². The largest absolute Gasteiger partial charge is 0.493 e. The van der Waals surface area contributed by atoms with Crippen molar-refractivity contribution in [2.75, 3.05) is 13.7 Å². The van der Waals surface area contributed by atoms with Gasteiger partial charge in [0.25, 0.3) is 0 Å². The van der Waals surface area contributed by atoms with Crippen LogP contribution in [0.15, 0.2) is 30.3 Å². The molecule has 4 nitrogen and oxygen atoms in total. The lowest BCUT2D eigenvalue weighted by molar-refractivity contribution is 0.112. The van der Waals surface area contributed by atoms with Crippen LogP contribution < -0.4 is 14.2 Å². The SMILES string of the molecule is CCCOc1c(OC)cc(C=O)cc1Oc1c(C)cccc1C(C)(C)C. The van der Waals surface area contributed by atoms with Gasteiger partial charge >= 0.3 is 0 Å². The zero-order chi connectivity index (χ0) is 19.3. The van der Waals surface area contributed by atoms with Crippen molar-refractivity contribution in [1.82, 2.24) is 0 Å². The molecule has 0 saturated carbocycles. The van der Waals surface area contributed by atoms with Gasteiger partial charge in [-0.3, -0.25) is 4.79 Å². The van der Waals surface area contributed by atoms with Gasteiger partial charge in [0.2, 0.25) is 5.75 Å². The fourth-order valence-electron chi connectivity index (χ4n) is 2.73. The Morgan fingerprint density at radius 1 is 1.08 bits per heavy atom. The standard InChI is InChI=1S/C22H28O4/c1-7-11-25-21-18(24-6)12-16(14-23)13-19(21)26-20-15(2)9-8-10-17(20)22(3,4)5/h8-10,12-14H,7,11H2,1-6H3. The first-order valence-corrected chi connectivity index (χ1v) is 8.89. The van der Waals surface area contributed by atoms with Gasteiger partial charge in [-0.1, -0.05) is 45.9 Å². The number of hydrogen-bond donors (Lipinski definition) is 0. The monoisotopic (exact) mass is 356 g/mol. The first-order chi connectivity index (χ1) is 12.3. The number of aryl methyl sites for hydroxylation is 1. The van der Waals surface area contributed by atoms with Crippen molar-refractivity contribution in [1.29, 1.82) is 0 Å². The molecule has 0 bridgehead atoms. The summed E-state index contributed by atoms with van der Waals surface area (Å²) in [5.74, 6) is 2.28. The molecule has 2 aromatic carbocycles. The zero-order valence-electron chi connectivity index (χ0n) is 16.5. The average molecular weight is 356 g/mol. The Bertz CT molecular complexity index is 772. The first-order valence-electron chi connectivity index (χ1n) is 8.89. The summed E-state index contributed by atoms with van der Waals surface area (Å²) in [6, 6.07) is 9.46. The summed E-state index contributed by atoms with van der Waals surface area (Å²) < 4.78 is 17.6. The molecule has 0 aliphatic heterocycles. The summed E-state index contributed by atoms with van der Waals surface area (Å²) in [7, 11) is 1.56. The number of ether oxygens (including phenoxy) is 3. The van der Waals surface area contributed by atoms with Crippen LogP contribution in [0.25, 0.3) is 0 Å². The number of rotatable bonds is 7. The van der Waals surface area contributed by atoms with Crippen molar-refractivity contribution in [2.45, 2.75) is 46.5 Å². The molecular weight excluding hydrogens is 328 g/mol. The van der Waals surface area contributed by atoms with Gasteiger partial charge < -0.3 is 14.2 Å². The van der Waals surface area contributed by atoms with Gasteiger partial charge in [0.05, 0.1) is 13.7 Å². The number of carbonyl (C=O) groups excluding carboxylic acids is 1. The third-order valence-corrected chi connectivity index (χ3v) is 4.08. The van der Waals surface area contributed by atoms with Crippen LogP contribution in [0.4, 0.5) is 0 Å². The van der Waals surface area contributed by atoms with E-state index in [2.05, 4.69) is 26.8 Å². The van der Waals surface area contributed by atoms with Crippen LogP contribution in [0.3, 0.4) is 0 Å². The lowest BCUT2D eigenvalue weighted by Gasteiger charge is -2.25. The van der Waals surface area contributed by atoms with Crippen molar-refractivity contribution < 1.29 is 19.0 Å². The molecule has 0 atom stereocenters. The number of carbonyl (C=O) groups is 1. The van der Waals surface area contributed by atoms with E-state index in [1.807, 2.05) is 26.0 Å². The molecule has 2 aromatic rings. The second-order valence-corrected chi connectivity index (χ2v) is 7.32. The lowest BCUT2D eigenvalue weighted by atomic mass is 9.85. The minimum absolute atomic E-state index is 0.0852. The van der Waals surface area contributed by atoms with Crippen LogP contribution in [0.1, 0.15) is 55.6 Å². The third-order valence-electron chi connectivity index (χ3n) is 4.08. The minimum Gasteiger partial charge on any atom is -0.493 e. The summed E-state index contributed by atoms with van der Waals surface area (Å²) in [4.78, 5) is 11.3. The summed E-state index contributed by atoms with van der Waals surface area (Å²) in [6.45, 7) is 11.0. The van der Waals surface area contributed by atoms with Crippen molar-refractivity contribution in [3.05, 3.63) is 47.0 Å². The van der Waals surface area contributed by atoms with E-state index in [1.54, 1.807) is 19.2 Å². The Morgan fingerprint density at radius 3 is 2.35 bits per heavy atom. The van der Waals surface area contributed by atoms with E-state index in [0.717, 1.165) is 29.6 Å². The Kier molecular flexibility index (Phi) is 6.30. The molecule has 0 aliphatic carbocycles. The molecule has 0 N–H and O–H groups in total. The quantitative estimate of drug-likeness (QED) is 0.597. The highest BCUT2D eigenvalue weighted by atomic mass is 16.5. The number of hydrogen-bond acceptors (Lipinski definition) is 4. The van der Waals surface area contributed by atoms with E-state index in [-0.39, 0.29) is 5.41 Å². The molecule has 140 valence electrons. The number of aldehydes is 1. The number of para-hydroxylation sites is 1. The predicted octanol–water partition coefficient (Wildman–Crippen LogP) is 5.69. The Morgan fingerprint density at radius 2 is 1.77 bits per heavy atom. The summed E-state index contributed by atoms with van der Waals surface area (Å²) in [5, 5.41) is 0. The summed E-state index contributed by atoms with van der Waals surface area (Å²) in [5.41, 5.74) is 2.51. The van der Waals surface area contributed by atoms with Gasteiger partial charge in [0.15, 0.2) is 11.5 Å². The first kappa shape index (κ1) is 19.8. The van der Waals surface area contributed by atoms with Crippen molar-refractivity contribution in [2.24, 2.45) is 0 Å². The van der Waals surface area contributed by atoms with Crippen molar-refractivity contribution in [3.8, 4) is 23.0 Å². The molecular formula is C22H28O4. The van der Waals surface area contributed by atoms with E-state index >= 15 is 0 Å². The van der Waals surface area contributed by atoms with Gasteiger partial charge in [-0.15, -0.1) is 0 Å². The van der Waals surface area contributed by atoms with Gasteiger partial charge in [-0.2, -0.15) is 0 Å². The molecule has 2 rings (SSSR count). The summed E-state index contributed by atoms with van der Waals surface area (Å²) >= 11 is 0. The van der Waals surface area contributed by atoms with E-state index in [4.69, 9.17) is 14.2 Å². The predicted molar refractivity (Wildman–Crippen MR) is 104 cm³/mol. The van der Waals surface area contributed by atoms with E-state index in [1.165, 1.54) is 0 Å². The van der Waals surface area contributed by atoms with Gasteiger partial charge in [-0.05, 0) is 36.5 Å². The average Bonchev–Trinajstić information content (AvgIpc) is 2.60. The van der Waals surface area contributed by atoms with Crippen LogP contribution in [0, 0.1) is 6.92 Å². The highest BCUT2D eigenvalue weighted by molar-refractivity contribution is 5.78. The van der Waals surface area contributed by atoms with Gasteiger partial charge in [0, 0.05) is 11.1 Å². The van der Waals surface area contributed by atoms with Crippen molar-refractivity contribution in [3.63, 3.8) is 0 Å². The second-order valence-electron chi connectivity index (χ2n) is 7.32. The van der Waals surface area contributed by atoms with Crippen LogP contribution >= 0.6 is 0 Å². The molecule has 4 heteroatoms. The normalized spacial score (nSPS) is 11.2. The molecule has 0 fully saturated rings. The number of benzene rings is 2. The van der Waals surface area contributed by atoms with Crippen molar-refractivity contribution >= 4 is 6.29 Å². The van der Waals surface area contributed by atoms with Gasteiger partial charge in [0.1, 0.15) is 12.0 Å². The van der Waals surface area contributed by atoms with Crippen LogP contribution in [0.5, 0.6) is 23.0 Å². The molecule has 0 radical (unpaired) electrons. The van der Waals surface area contributed by atoms with Crippen LogP contribution in [-0.2, 0) is 5.41 Å². The smallest absolute Gasteiger partial charge is 0.204 e. The zero-order valence-corrected chi connectivity index (χ0v) is 16.5. The lowest BCUT2D eigenvalue weighted by Crippen LogP contribution is -2.13. The molecule has 0 spiro atoms. The number of methoxy groups -OCH3 is 1. The van der Waals surface area contributed by atoms with Gasteiger partial charge in [-0.25, -0.2) is 0 Å². The molecule has 0 heterocycles. The topological polar surface area (TPSA) is 44.8 Å². The maximum absolute atomic E-state index is 11.3. The molecule has 0 aromatic heterocycles. The molecule has 0 amide bonds. The minimum atomic E-state index is -0.0852. The highest BCUT2D eigenvalue weighted by Gasteiger charge is 2.23. The Hall–Kier alpha value is -2.49. The maximum atomic E-state index is 11.3. The molecule has 26 heavy (non-hydrogen) atoms.